The van der Waals surface area contributed by atoms with Gasteiger partial charge in [0.05, 0.1) is 6.04 Å². The molecule has 1 fully saturated rings. The number of anilines is 2. The monoisotopic (exact) mass is 335 g/mol. The minimum atomic E-state index is -0.276. The highest BCUT2D eigenvalue weighted by Gasteiger charge is 2.29. The molecule has 0 aliphatic carbocycles. The Morgan fingerprint density at radius 1 is 1.12 bits per heavy atom. The van der Waals surface area contributed by atoms with Crippen molar-refractivity contribution in [3.63, 3.8) is 0 Å². The number of carbonyl (C=O) groups excluding carboxylic acids is 2. The Morgan fingerprint density at radius 3 is 2.72 bits per heavy atom. The summed E-state index contributed by atoms with van der Waals surface area (Å²) in [6, 6.07) is 13.5. The predicted octanol–water partition coefficient (Wildman–Crippen LogP) is 2.92. The fourth-order valence-corrected chi connectivity index (χ4v) is 3.69. The van der Waals surface area contributed by atoms with E-state index >= 15 is 0 Å². The predicted molar refractivity (Wildman–Crippen MR) is 97.5 cm³/mol. The molecule has 0 bridgehead atoms. The molecule has 2 unspecified atom stereocenters. The van der Waals surface area contributed by atoms with Crippen LogP contribution in [0.2, 0.25) is 0 Å². The Kier molecular flexibility index (Phi) is 3.92. The number of amides is 2. The largest absolute Gasteiger partial charge is 0.373 e. The molecule has 3 N–H and O–H groups in total. The highest BCUT2D eigenvalue weighted by molar-refractivity contribution is 5.99. The third-order valence-electron chi connectivity index (χ3n) is 5.01. The molecular formula is C20H21N3O2. The van der Waals surface area contributed by atoms with Gasteiger partial charge in [-0.25, -0.2) is 0 Å². The van der Waals surface area contributed by atoms with E-state index in [2.05, 4.69) is 22.0 Å². The minimum Gasteiger partial charge on any atom is -0.373 e. The first-order valence-electron chi connectivity index (χ1n) is 8.66. The summed E-state index contributed by atoms with van der Waals surface area (Å²) in [4.78, 5) is 24.3. The molecule has 5 heteroatoms. The van der Waals surface area contributed by atoms with Gasteiger partial charge in [0, 0.05) is 24.2 Å². The molecule has 0 aromatic heterocycles. The van der Waals surface area contributed by atoms with Crippen LogP contribution in [0.5, 0.6) is 0 Å². The van der Waals surface area contributed by atoms with E-state index in [-0.39, 0.29) is 23.9 Å². The number of hydrogen-bond acceptors (Lipinski definition) is 3. The summed E-state index contributed by atoms with van der Waals surface area (Å²) in [5.74, 6) is 0.0156. The molecule has 5 nitrogen and oxygen atoms in total. The van der Waals surface area contributed by atoms with Gasteiger partial charge >= 0.3 is 0 Å². The van der Waals surface area contributed by atoms with E-state index in [0.717, 1.165) is 28.9 Å². The zero-order valence-corrected chi connectivity index (χ0v) is 14.1. The number of rotatable bonds is 3. The first-order chi connectivity index (χ1) is 12.1. The molecule has 2 atom stereocenters. The SMILES string of the molecule is Cc1cccc2c1NC(C(=O)Nc1ccccc1C1CCC(=O)N1)C2. The van der Waals surface area contributed by atoms with Crippen LogP contribution in [-0.2, 0) is 16.0 Å². The summed E-state index contributed by atoms with van der Waals surface area (Å²) in [5.41, 5.74) is 5.14. The van der Waals surface area contributed by atoms with Crippen molar-refractivity contribution in [1.29, 1.82) is 0 Å². The molecule has 2 amide bonds. The maximum Gasteiger partial charge on any atom is 0.247 e. The number of para-hydroxylation sites is 2. The molecule has 2 heterocycles. The van der Waals surface area contributed by atoms with Gasteiger partial charge in [0.25, 0.3) is 0 Å². The van der Waals surface area contributed by atoms with Crippen molar-refractivity contribution in [2.24, 2.45) is 0 Å². The van der Waals surface area contributed by atoms with Crippen molar-refractivity contribution in [1.82, 2.24) is 5.32 Å². The molecule has 2 aliphatic rings. The number of carbonyl (C=O) groups is 2. The molecule has 0 saturated carbocycles. The van der Waals surface area contributed by atoms with Gasteiger partial charge in [-0.1, -0.05) is 36.4 Å². The zero-order chi connectivity index (χ0) is 17.4. The second kappa shape index (κ2) is 6.24. The van der Waals surface area contributed by atoms with Gasteiger partial charge in [-0.05, 0) is 36.1 Å². The van der Waals surface area contributed by atoms with E-state index < -0.39 is 0 Å². The third kappa shape index (κ3) is 2.97. The van der Waals surface area contributed by atoms with Crippen LogP contribution in [0.1, 0.15) is 35.6 Å². The van der Waals surface area contributed by atoms with E-state index in [4.69, 9.17) is 0 Å². The quantitative estimate of drug-likeness (QED) is 0.808. The molecular weight excluding hydrogens is 314 g/mol. The molecule has 2 aliphatic heterocycles. The first-order valence-corrected chi connectivity index (χ1v) is 8.66. The molecule has 0 spiro atoms. The standard InChI is InChI=1S/C20H21N3O2/c1-12-5-4-6-13-11-17(22-19(12)13)20(25)23-15-8-3-2-7-14(15)16-9-10-18(24)21-16/h2-8,16-17,22H,9-11H2,1H3,(H,21,24)(H,23,25). The van der Waals surface area contributed by atoms with Crippen LogP contribution < -0.4 is 16.0 Å². The summed E-state index contributed by atoms with van der Waals surface area (Å²) < 4.78 is 0. The van der Waals surface area contributed by atoms with Crippen LogP contribution in [0.3, 0.4) is 0 Å². The second-order valence-electron chi connectivity index (χ2n) is 6.75. The van der Waals surface area contributed by atoms with Crippen LogP contribution in [0.4, 0.5) is 11.4 Å². The number of aryl methyl sites for hydroxylation is 1. The summed E-state index contributed by atoms with van der Waals surface area (Å²) >= 11 is 0. The number of hydrogen-bond donors (Lipinski definition) is 3. The normalized spacial score (nSPS) is 21.4. The number of nitrogens with one attached hydrogen (secondary N) is 3. The Labute approximate surface area is 146 Å². The molecule has 0 radical (unpaired) electrons. The Balaban J connectivity index is 1.51. The van der Waals surface area contributed by atoms with Crippen LogP contribution in [0, 0.1) is 6.92 Å². The van der Waals surface area contributed by atoms with Gasteiger partial charge in [0.15, 0.2) is 0 Å². The molecule has 1 saturated heterocycles. The second-order valence-corrected chi connectivity index (χ2v) is 6.75. The average molecular weight is 335 g/mol. The van der Waals surface area contributed by atoms with Gasteiger partial charge in [0.2, 0.25) is 11.8 Å². The van der Waals surface area contributed by atoms with Crippen molar-refractivity contribution < 1.29 is 9.59 Å². The Morgan fingerprint density at radius 2 is 1.96 bits per heavy atom. The molecule has 25 heavy (non-hydrogen) atoms. The van der Waals surface area contributed by atoms with Crippen molar-refractivity contribution in [2.45, 2.75) is 38.3 Å². The van der Waals surface area contributed by atoms with E-state index in [9.17, 15) is 9.59 Å². The number of benzene rings is 2. The van der Waals surface area contributed by atoms with Gasteiger partial charge in [-0.3, -0.25) is 9.59 Å². The Bertz CT molecular complexity index is 847. The van der Waals surface area contributed by atoms with Gasteiger partial charge in [-0.15, -0.1) is 0 Å². The van der Waals surface area contributed by atoms with Crippen molar-refractivity contribution in [3.8, 4) is 0 Å². The lowest BCUT2D eigenvalue weighted by Crippen LogP contribution is -2.33. The van der Waals surface area contributed by atoms with Gasteiger partial charge in [0.1, 0.15) is 6.04 Å². The first kappa shape index (κ1) is 15.7. The highest BCUT2D eigenvalue weighted by atomic mass is 16.2. The smallest absolute Gasteiger partial charge is 0.247 e. The van der Waals surface area contributed by atoms with Gasteiger partial charge in [-0.2, -0.15) is 0 Å². The maximum atomic E-state index is 12.8. The molecule has 2 aromatic rings. The fraction of sp³-hybridized carbons (Fsp3) is 0.300. The lowest BCUT2D eigenvalue weighted by atomic mass is 10.0. The lowest BCUT2D eigenvalue weighted by molar-refractivity contribution is -0.119. The zero-order valence-electron chi connectivity index (χ0n) is 14.1. The lowest BCUT2D eigenvalue weighted by Gasteiger charge is -2.18. The summed E-state index contributed by atoms with van der Waals surface area (Å²) in [6.45, 7) is 2.05. The van der Waals surface area contributed by atoms with E-state index in [1.165, 1.54) is 5.56 Å². The van der Waals surface area contributed by atoms with Crippen LogP contribution in [0.25, 0.3) is 0 Å². The van der Waals surface area contributed by atoms with E-state index in [1.54, 1.807) is 0 Å². The highest BCUT2D eigenvalue weighted by Crippen LogP contribution is 2.32. The van der Waals surface area contributed by atoms with Crippen LogP contribution >= 0.6 is 0 Å². The Hall–Kier alpha value is -2.82. The number of fused-ring (bicyclic) bond motifs is 1. The minimum absolute atomic E-state index is 0.0278. The molecule has 4 rings (SSSR count). The average Bonchev–Trinajstić information content (AvgIpc) is 3.22. The summed E-state index contributed by atoms with van der Waals surface area (Å²) in [6.07, 6.45) is 1.98. The summed E-state index contributed by atoms with van der Waals surface area (Å²) in [7, 11) is 0. The van der Waals surface area contributed by atoms with E-state index in [1.807, 2.05) is 43.3 Å². The maximum absolute atomic E-state index is 12.8. The fourth-order valence-electron chi connectivity index (χ4n) is 3.69. The van der Waals surface area contributed by atoms with Gasteiger partial charge < -0.3 is 16.0 Å². The van der Waals surface area contributed by atoms with Crippen molar-refractivity contribution in [3.05, 3.63) is 59.2 Å². The topological polar surface area (TPSA) is 70.2 Å². The van der Waals surface area contributed by atoms with Crippen molar-refractivity contribution >= 4 is 23.2 Å². The molecule has 128 valence electrons. The van der Waals surface area contributed by atoms with Crippen LogP contribution in [0.15, 0.2) is 42.5 Å². The molecule has 2 aromatic carbocycles. The third-order valence-corrected chi connectivity index (χ3v) is 5.01. The van der Waals surface area contributed by atoms with Crippen molar-refractivity contribution in [2.75, 3.05) is 10.6 Å². The van der Waals surface area contributed by atoms with E-state index in [0.29, 0.717) is 12.8 Å². The van der Waals surface area contributed by atoms with Crippen LogP contribution in [-0.4, -0.2) is 17.9 Å². The summed E-state index contributed by atoms with van der Waals surface area (Å²) in [5, 5.41) is 9.35.